The van der Waals surface area contributed by atoms with Gasteiger partial charge in [-0.2, -0.15) is 0 Å². The van der Waals surface area contributed by atoms with Crippen molar-refractivity contribution in [2.75, 3.05) is 26.2 Å². The summed E-state index contributed by atoms with van der Waals surface area (Å²) in [7, 11) is 0. The van der Waals surface area contributed by atoms with E-state index in [-0.39, 0.29) is 0 Å². The predicted molar refractivity (Wildman–Crippen MR) is 83.0 cm³/mol. The SMILES string of the molecule is CCC1CN(CC2CCCO2)C(C2CCCCC2)CN1. The Balaban J connectivity index is 1.61. The summed E-state index contributed by atoms with van der Waals surface area (Å²) in [5.74, 6) is 0.926. The van der Waals surface area contributed by atoms with Crippen molar-refractivity contribution in [2.24, 2.45) is 5.92 Å². The fourth-order valence-electron chi connectivity index (χ4n) is 4.42. The van der Waals surface area contributed by atoms with Crippen LogP contribution in [-0.4, -0.2) is 49.3 Å². The minimum atomic E-state index is 0.511. The maximum atomic E-state index is 5.90. The average Bonchev–Trinajstić information content (AvgIpc) is 3.01. The molecule has 3 unspecified atom stereocenters. The summed E-state index contributed by atoms with van der Waals surface area (Å²) in [6.45, 7) is 6.91. The predicted octanol–water partition coefficient (Wildman–Crippen LogP) is 2.80. The smallest absolute Gasteiger partial charge is 0.0702 e. The van der Waals surface area contributed by atoms with Crippen molar-refractivity contribution in [3.05, 3.63) is 0 Å². The molecule has 0 radical (unpaired) electrons. The van der Waals surface area contributed by atoms with Crippen LogP contribution < -0.4 is 5.32 Å². The second-order valence-corrected chi connectivity index (χ2v) is 7.07. The van der Waals surface area contributed by atoms with Crippen LogP contribution in [-0.2, 0) is 4.74 Å². The lowest BCUT2D eigenvalue weighted by molar-refractivity contribution is 0.0156. The Morgan fingerprint density at radius 3 is 2.65 bits per heavy atom. The summed E-state index contributed by atoms with van der Waals surface area (Å²) in [4.78, 5) is 2.79. The van der Waals surface area contributed by atoms with Crippen molar-refractivity contribution in [1.29, 1.82) is 0 Å². The Bertz CT molecular complexity index is 285. The topological polar surface area (TPSA) is 24.5 Å². The lowest BCUT2D eigenvalue weighted by Gasteiger charge is -2.45. The first-order valence-corrected chi connectivity index (χ1v) is 8.96. The molecule has 20 heavy (non-hydrogen) atoms. The van der Waals surface area contributed by atoms with Crippen LogP contribution >= 0.6 is 0 Å². The molecule has 2 saturated heterocycles. The summed E-state index contributed by atoms with van der Waals surface area (Å²) in [5.41, 5.74) is 0. The molecule has 1 saturated carbocycles. The van der Waals surface area contributed by atoms with Gasteiger partial charge in [0.1, 0.15) is 0 Å². The van der Waals surface area contributed by atoms with E-state index in [2.05, 4.69) is 17.1 Å². The molecule has 3 aliphatic rings. The van der Waals surface area contributed by atoms with E-state index < -0.39 is 0 Å². The Kier molecular flexibility index (Phi) is 5.36. The van der Waals surface area contributed by atoms with Gasteiger partial charge in [-0.3, -0.25) is 4.90 Å². The van der Waals surface area contributed by atoms with Gasteiger partial charge in [0.25, 0.3) is 0 Å². The van der Waals surface area contributed by atoms with Gasteiger partial charge in [0.15, 0.2) is 0 Å². The maximum Gasteiger partial charge on any atom is 0.0702 e. The first-order valence-electron chi connectivity index (χ1n) is 8.96. The van der Waals surface area contributed by atoms with Crippen molar-refractivity contribution in [1.82, 2.24) is 10.2 Å². The molecular weight excluding hydrogens is 248 g/mol. The molecule has 3 fully saturated rings. The molecule has 1 N–H and O–H groups in total. The third-order valence-corrected chi connectivity index (χ3v) is 5.69. The molecular formula is C17H32N2O. The van der Waals surface area contributed by atoms with Gasteiger partial charge in [-0.1, -0.05) is 26.2 Å². The van der Waals surface area contributed by atoms with Crippen molar-refractivity contribution in [3.63, 3.8) is 0 Å². The minimum Gasteiger partial charge on any atom is -0.377 e. The zero-order valence-electron chi connectivity index (χ0n) is 13.2. The van der Waals surface area contributed by atoms with Crippen LogP contribution in [0.3, 0.4) is 0 Å². The Morgan fingerprint density at radius 2 is 1.95 bits per heavy atom. The fraction of sp³-hybridized carbons (Fsp3) is 1.00. The van der Waals surface area contributed by atoms with Gasteiger partial charge in [0.05, 0.1) is 6.10 Å². The van der Waals surface area contributed by atoms with Crippen molar-refractivity contribution < 1.29 is 4.74 Å². The third-order valence-electron chi connectivity index (χ3n) is 5.69. The number of ether oxygens (including phenoxy) is 1. The molecule has 1 aliphatic carbocycles. The van der Waals surface area contributed by atoms with Crippen LogP contribution in [0.15, 0.2) is 0 Å². The second-order valence-electron chi connectivity index (χ2n) is 7.07. The van der Waals surface area contributed by atoms with Crippen molar-refractivity contribution in [2.45, 2.75) is 76.5 Å². The standard InChI is InChI=1S/C17H32N2O/c1-2-15-12-19(13-16-9-6-10-20-16)17(11-18-15)14-7-4-3-5-8-14/h14-18H,2-13H2,1H3. The van der Waals surface area contributed by atoms with E-state index >= 15 is 0 Å². The molecule has 0 aromatic heterocycles. The summed E-state index contributed by atoms with van der Waals surface area (Å²) in [6, 6.07) is 1.46. The number of rotatable bonds is 4. The number of nitrogens with one attached hydrogen (secondary N) is 1. The normalized spacial score (nSPS) is 37.4. The van der Waals surface area contributed by atoms with Gasteiger partial charge in [0, 0.05) is 38.3 Å². The molecule has 0 bridgehead atoms. The van der Waals surface area contributed by atoms with Gasteiger partial charge >= 0.3 is 0 Å². The fourth-order valence-corrected chi connectivity index (χ4v) is 4.42. The van der Waals surface area contributed by atoms with Crippen LogP contribution in [0.1, 0.15) is 58.3 Å². The highest BCUT2D eigenvalue weighted by molar-refractivity contribution is 4.91. The van der Waals surface area contributed by atoms with E-state index in [1.54, 1.807) is 0 Å². The average molecular weight is 280 g/mol. The van der Waals surface area contributed by atoms with Gasteiger partial charge in [-0.15, -0.1) is 0 Å². The molecule has 3 heteroatoms. The lowest BCUT2D eigenvalue weighted by Crippen LogP contribution is -2.60. The van der Waals surface area contributed by atoms with E-state index in [0.717, 1.165) is 18.6 Å². The van der Waals surface area contributed by atoms with Crippen LogP contribution in [0.25, 0.3) is 0 Å². The zero-order chi connectivity index (χ0) is 13.8. The summed E-state index contributed by atoms with van der Waals surface area (Å²) < 4.78 is 5.90. The lowest BCUT2D eigenvalue weighted by atomic mass is 9.82. The quantitative estimate of drug-likeness (QED) is 0.857. The summed E-state index contributed by atoms with van der Waals surface area (Å²) in [6.07, 6.45) is 11.6. The third kappa shape index (κ3) is 3.55. The van der Waals surface area contributed by atoms with Crippen LogP contribution in [0.4, 0.5) is 0 Å². The second kappa shape index (κ2) is 7.24. The highest BCUT2D eigenvalue weighted by Gasteiger charge is 2.35. The Labute approximate surface area is 124 Å². The van der Waals surface area contributed by atoms with Gasteiger partial charge in [-0.25, -0.2) is 0 Å². The number of piperazine rings is 1. The molecule has 3 rings (SSSR count). The molecule has 2 heterocycles. The molecule has 3 atom stereocenters. The first-order chi connectivity index (χ1) is 9.86. The Morgan fingerprint density at radius 1 is 1.10 bits per heavy atom. The minimum absolute atomic E-state index is 0.511. The molecule has 2 aliphatic heterocycles. The largest absolute Gasteiger partial charge is 0.377 e. The number of hydrogen-bond donors (Lipinski definition) is 1. The van der Waals surface area contributed by atoms with E-state index in [4.69, 9.17) is 4.74 Å². The number of hydrogen-bond acceptors (Lipinski definition) is 3. The molecule has 0 aromatic rings. The van der Waals surface area contributed by atoms with E-state index in [9.17, 15) is 0 Å². The van der Waals surface area contributed by atoms with Crippen LogP contribution in [0, 0.1) is 5.92 Å². The van der Waals surface area contributed by atoms with Gasteiger partial charge in [-0.05, 0) is 38.0 Å². The van der Waals surface area contributed by atoms with Gasteiger partial charge in [0.2, 0.25) is 0 Å². The van der Waals surface area contributed by atoms with E-state index in [1.165, 1.54) is 71.0 Å². The summed E-state index contributed by atoms with van der Waals surface area (Å²) >= 11 is 0. The molecule has 3 nitrogen and oxygen atoms in total. The van der Waals surface area contributed by atoms with Crippen LogP contribution in [0.5, 0.6) is 0 Å². The van der Waals surface area contributed by atoms with Gasteiger partial charge < -0.3 is 10.1 Å². The molecule has 0 aromatic carbocycles. The van der Waals surface area contributed by atoms with E-state index in [0.29, 0.717) is 12.1 Å². The van der Waals surface area contributed by atoms with E-state index in [1.807, 2.05) is 0 Å². The van der Waals surface area contributed by atoms with Crippen molar-refractivity contribution >= 4 is 0 Å². The first kappa shape index (κ1) is 14.8. The maximum absolute atomic E-state index is 5.90. The Hall–Kier alpha value is -0.120. The molecule has 116 valence electrons. The summed E-state index contributed by atoms with van der Waals surface area (Å²) in [5, 5.41) is 3.79. The zero-order valence-corrected chi connectivity index (χ0v) is 13.2. The van der Waals surface area contributed by atoms with Crippen LogP contribution in [0.2, 0.25) is 0 Å². The molecule has 0 spiro atoms. The highest BCUT2D eigenvalue weighted by Crippen LogP contribution is 2.31. The molecule has 0 amide bonds. The van der Waals surface area contributed by atoms with Crippen molar-refractivity contribution in [3.8, 4) is 0 Å². The number of nitrogens with zero attached hydrogens (tertiary/aromatic N) is 1. The monoisotopic (exact) mass is 280 g/mol. The highest BCUT2D eigenvalue weighted by atomic mass is 16.5.